The van der Waals surface area contributed by atoms with Gasteiger partial charge in [-0.15, -0.1) is 0 Å². The number of hydrogen-bond donors (Lipinski definition) is 1. The average molecular weight is 222 g/mol. The van der Waals surface area contributed by atoms with Crippen molar-refractivity contribution in [1.29, 1.82) is 0 Å². The molecule has 1 aromatic rings. The number of aryl methyl sites for hydroxylation is 2. The Kier molecular flexibility index (Phi) is 2.99. The standard InChI is InChI=1S/C9H9F3OS/c1-5-4-8(14-9(10,11)12)6(2)3-7(5)13/h3-4,13H,1-2H3. The van der Waals surface area contributed by atoms with Crippen molar-refractivity contribution in [2.45, 2.75) is 24.3 Å². The van der Waals surface area contributed by atoms with Crippen molar-refractivity contribution in [2.75, 3.05) is 0 Å². The van der Waals surface area contributed by atoms with Gasteiger partial charge in [0.15, 0.2) is 0 Å². The maximum atomic E-state index is 12.1. The van der Waals surface area contributed by atoms with E-state index in [-0.39, 0.29) is 22.4 Å². The molecular weight excluding hydrogens is 213 g/mol. The van der Waals surface area contributed by atoms with Gasteiger partial charge >= 0.3 is 5.51 Å². The van der Waals surface area contributed by atoms with E-state index >= 15 is 0 Å². The van der Waals surface area contributed by atoms with E-state index in [1.54, 1.807) is 6.92 Å². The maximum absolute atomic E-state index is 12.1. The minimum atomic E-state index is -4.28. The third-order valence-electron chi connectivity index (χ3n) is 1.72. The summed E-state index contributed by atoms with van der Waals surface area (Å²) >= 11 is -0.161. The fraction of sp³-hybridized carbons (Fsp3) is 0.333. The van der Waals surface area contributed by atoms with Crippen LogP contribution in [0, 0.1) is 13.8 Å². The van der Waals surface area contributed by atoms with Crippen LogP contribution in [0.2, 0.25) is 0 Å². The zero-order chi connectivity index (χ0) is 10.9. The summed E-state index contributed by atoms with van der Waals surface area (Å²) in [5.74, 6) is 0.0222. The zero-order valence-electron chi connectivity index (χ0n) is 7.64. The van der Waals surface area contributed by atoms with Gasteiger partial charge in [-0.2, -0.15) is 13.2 Å². The number of halogens is 3. The SMILES string of the molecule is Cc1cc(SC(F)(F)F)c(C)cc1O. The molecule has 0 radical (unpaired) electrons. The Labute approximate surface area is 83.9 Å². The monoisotopic (exact) mass is 222 g/mol. The van der Waals surface area contributed by atoms with Crippen molar-refractivity contribution in [3.63, 3.8) is 0 Å². The quantitative estimate of drug-likeness (QED) is 0.732. The Morgan fingerprint density at radius 3 is 2.21 bits per heavy atom. The van der Waals surface area contributed by atoms with Gasteiger partial charge < -0.3 is 5.11 Å². The number of benzene rings is 1. The van der Waals surface area contributed by atoms with E-state index in [2.05, 4.69) is 0 Å². The molecule has 0 fully saturated rings. The third-order valence-corrected chi connectivity index (χ3v) is 2.61. The van der Waals surface area contributed by atoms with Crippen LogP contribution in [0.5, 0.6) is 5.75 Å². The minimum Gasteiger partial charge on any atom is -0.508 e. The fourth-order valence-corrected chi connectivity index (χ4v) is 1.71. The van der Waals surface area contributed by atoms with Gasteiger partial charge in [-0.05, 0) is 48.9 Å². The van der Waals surface area contributed by atoms with E-state index in [1.165, 1.54) is 19.1 Å². The summed E-state index contributed by atoms with van der Waals surface area (Å²) in [4.78, 5) is 0.132. The number of alkyl halides is 3. The summed E-state index contributed by atoms with van der Waals surface area (Å²) < 4.78 is 36.2. The molecular formula is C9H9F3OS. The summed E-state index contributed by atoms with van der Waals surface area (Å²) in [5, 5.41) is 9.23. The van der Waals surface area contributed by atoms with Crippen LogP contribution in [-0.2, 0) is 0 Å². The highest BCUT2D eigenvalue weighted by atomic mass is 32.2. The molecule has 1 N–H and O–H groups in total. The molecule has 14 heavy (non-hydrogen) atoms. The van der Waals surface area contributed by atoms with Crippen LogP contribution in [0.1, 0.15) is 11.1 Å². The lowest BCUT2D eigenvalue weighted by atomic mass is 10.1. The fourth-order valence-electron chi connectivity index (χ4n) is 1.01. The first-order chi connectivity index (χ1) is 6.29. The van der Waals surface area contributed by atoms with Crippen LogP contribution >= 0.6 is 11.8 Å². The molecule has 0 aliphatic heterocycles. The van der Waals surface area contributed by atoms with Gasteiger partial charge in [0, 0.05) is 4.90 Å². The Balaban J connectivity index is 3.04. The summed E-state index contributed by atoms with van der Waals surface area (Å²) in [6, 6.07) is 2.67. The van der Waals surface area contributed by atoms with Crippen molar-refractivity contribution >= 4 is 11.8 Å². The molecule has 0 spiro atoms. The van der Waals surface area contributed by atoms with Crippen LogP contribution in [0.25, 0.3) is 0 Å². The number of rotatable bonds is 1. The lowest BCUT2D eigenvalue weighted by Gasteiger charge is -2.10. The molecule has 0 aromatic heterocycles. The van der Waals surface area contributed by atoms with Crippen molar-refractivity contribution in [1.82, 2.24) is 0 Å². The molecule has 1 aromatic carbocycles. The Morgan fingerprint density at radius 2 is 1.71 bits per heavy atom. The second-order valence-corrected chi connectivity index (χ2v) is 4.06. The molecule has 0 aliphatic rings. The van der Waals surface area contributed by atoms with Crippen LogP contribution in [0.3, 0.4) is 0 Å². The predicted molar refractivity (Wildman–Crippen MR) is 49.5 cm³/mol. The molecule has 0 amide bonds. The zero-order valence-corrected chi connectivity index (χ0v) is 8.46. The first-order valence-electron chi connectivity index (χ1n) is 3.85. The van der Waals surface area contributed by atoms with Crippen LogP contribution in [0.15, 0.2) is 17.0 Å². The summed E-state index contributed by atoms with van der Waals surface area (Å²) in [5.41, 5.74) is -3.41. The molecule has 0 aliphatic carbocycles. The van der Waals surface area contributed by atoms with Crippen molar-refractivity contribution < 1.29 is 18.3 Å². The molecule has 1 rings (SSSR count). The van der Waals surface area contributed by atoms with Gasteiger partial charge in [0.05, 0.1) is 0 Å². The van der Waals surface area contributed by atoms with E-state index in [0.717, 1.165) is 0 Å². The number of aromatic hydroxyl groups is 1. The highest BCUT2D eigenvalue weighted by Gasteiger charge is 2.30. The predicted octanol–water partition coefficient (Wildman–Crippen LogP) is 3.62. The maximum Gasteiger partial charge on any atom is 0.446 e. The molecule has 78 valence electrons. The normalized spacial score (nSPS) is 11.8. The third kappa shape index (κ3) is 2.83. The molecule has 0 heterocycles. The number of thioether (sulfide) groups is 1. The highest BCUT2D eigenvalue weighted by molar-refractivity contribution is 8.00. The second kappa shape index (κ2) is 3.73. The summed E-state index contributed by atoms with van der Waals surface area (Å²) in [7, 11) is 0. The Morgan fingerprint density at radius 1 is 1.14 bits per heavy atom. The van der Waals surface area contributed by atoms with Gasteiger partial charge in [0.1, 0.15) is 5.75 Å². The Hall–Kier alpha value is -0.840. The molecule has 1 nitrogen and oxygen atoms in total. The Bertz CT molecular complexity index is 347. The second-order valence-electron chi connectivity index (χ2n) is 2.95. The topological polar surface area (TPSA) is 20.2 Å². The largest absolute Gasteiger partial charge is 0.508 e. The van der Waals surface area contributed by atoms with Crippen LogP contribution in [0.4, 0.5) is 13.2 Å². The average Bonchev–Trinajstić information content (AvgIpc) is 1.97. The first-order valence-corrected chi connectivity index (χ1v) is 4.67. The van der Waals surface area contributed by atoms with E-state index in [0.29, 0.717) is 11.1 Å². The minimum absolute atomic E-state index is 0.0222. The van der Waals surface area contributed by atoms with E-state index in [1.807, 2.05) is 0 Å². The molecule has 0 atom stereocenters. The van der Waals surface area contributed by atoms with E-state index in [4.69, 9.17) is 0 Å². The van der Waals surface area contributed by atoms with Gasteiger partial charge in [-0.1, -0.05) is 0 Å². The lowest BCUT2D eigenvalue weighted by molar-refractivity contribution is -0.0328. The molecule has 5 heteroatoms. The van der Waals surface area contributed by atoms with Gasteiger partial charge in [-0.25, -0.2) is 0 Å². The molecule has 0 saturated carbocycles. The van der Waals surface area contributed by atoms with Crippen LogP contribution in [-0.4, -0.2) is 10.6 Å². The van der Waals surface area contributed by atoms with Crippen molar-refractivity contribution in [2.24, 2.45) is 0 Å². The molecule has 0 unspecified atom stereocenters. The molecule has 0 bridgehead atoms. The van der Waals surface area contributed by atoms with E-state index < -0.39 is 5.51 Å². The van der Waals surface area contributed by atoms with E-state index in [9.17, 15) is 18.3 Å². The summed E-state index contributed by atoms with van der Waals surface area (Å²) in [6.45, 7) is 3.10. The van der Waals surface area contributed by atoms with Crippen LogP contribution < -0.4 is 0 Å². The highest BCUT2D eigenvalue weighted by Crippen LogP contribution is 2.39. The number of phenolic OH excluding ortho intramolecular Hbond substituents is 1. The van der Waals surface area contributed by atoms with Crippen molar-refractivity contribution in [3.05, 3.63) is 23.3 Å². The van der Waals surface area contributed by atoms with Gasteiger partial charge in [0.2, 0.25) is 0 Å². The first kappa shape index (κ1) is 11.2. The lowest BCUT2D eigenvalue weighted by Crippen LogP contribution is -2.00. The van der Waals surface area contributed by atoms with Gasteiger partial charge in [0.25, 0.3) is 0 Å². The molecule has 0 saturated heterocycles. The van der Waals surface area contributed by atoms with Crippen molar-refractivity contribution in [3.8, 4) is 5.75 Å². The number of hydrogen-bond acceptors (Lipinski definition) is 2. The number of phenols is 1. The summed E-state index contributed by atoms with van der Waals surface area (Å²) in [6.07, 6.45) is 0. The smallest absolute Gasteiger partial charge is 0.446 e. The van der Waals surface area contributed by atoms with Gasteiger partial charge in [-0.3, -0.25) is 0 Å².